The highest BCUT2D eigenvalue weighted by molar-refractivity contribution is 6.13. The molecule has 0 atom stereocenters. The highest BCUT2D eigenvalue weighted by Gasteiger charge is 2.22. The second-order valence-corrected chi connectivity index (χ2v) is 13.3. The monoisotopic (exact) mass is 663 g/mol. The zero-order valence-corrected chi connectivity index (χ0v) is 28.4. The molecule has 0 radical (unpaired) electrons. The summed E-state index contributed by atoms with van der Waals surface area (Å²) in [5.41, 5.74) is 11.9. The van der Waals surface area contributed by atoms with E-state index in [4.69, 9.17) is 4.42 Å². The number of hydrogen-bond donors (Lipinski definition) is 0. The minimum absolute atomic E-state index is 0.894. The largest absolute Gasteiger partial charge is 0.455 e. The molecule has 0 aliphatic heterocycles. The molecule has 0 bridgehead atoms. The Morgan fingerprint density at radius 2 is 0.885 bits per heavy atom. The molecule has 10 rings (SSSR count). The number of rotatable bonds is 6. The smallest absolute Gasteiger partial charge is 0.143 e. The third-order valence-corrected chi connectivity index (χ3v) is 10.3. The second-order valence-electron chi connectivity index (χ2n) is 13.3. The molecule has 0 amide bonds. The number of benzene rings is 9. The van der Waals surface area contributed by atoms with Gasteiger partial charge in [-0.25, -0.2) is 0 Å². The van der Waals surface area contributed by atoms with Gasteiger partial charge in [0.25, 0.3) is 0 Å². The molecule has 0 saturated heterocycles. The Morgan fingerprint density at radius 3 is 1.71 bits per heavy atom. The van der Waals surface area contributed by atoms with Crippen LogP contribution in [-0.4, -0.2) is 0 Å². The number of fused-ring (bicyclic) bond motifs is 6. The molecule has 2 heteroatoms. The third-order valence-electron chi connectivity index (χ3n) is 10.3. The molecule has 0 fully saturated rings. The summed E-state index contributed by atoms with van der Waals surface area (Å²) in [7, 11) is 0. The van der Waals surface area contributed by atoms with E-state index in [2.05, 4.69) is 193 Å². The van der Waals surface area contributed by atoms with E-state index in [1.165, 1.54) is 38.2 Å². The van der Waals surface area contributed by atoms with E-state index in [-0.39, 0.29) is 0 Å². The predicted molar refractivity (Wildman–Crippen MR) is 220 cm³/mol. The summed E-state index contributed by atoms with van der Waals surface area (Å²) in [6.07, 6.45) is 0. The lowest BCUT2D eigenvalue weighted by atomic mass is 9.94. The van der Waals surface area contributed by atoms with Gasteiger partial charge in [0.05, 0.1) is 11.4 Å². The molecule has 0 spiro atoms. The highest BCUT2D eigenvalue weighted by atomic mass is 16.3. The molecule has 244 valence electrons. The van der Waals surface area contributed by atoms with Gasteiger partial charge in [0.15, 0.2) is 0 Å². The average Bonchev–Trinajstić information content (AvgIpc) is 3.61. The second kappa shape index (κ2) is 12.5. The third kappa shape index (κ3) is 4.96. The fraction of sp³-hybridized carbons (Fsp3) is 0. The van der Waals surface area contributed by atoms with Crippen molar-refractivity contribution in [3.8, 4) is 33.4 Å². The van der Waals surface area contributed by atoms with Crippen LogP contribution in [0.3, 0.4) is 0 Å². The van der Waals surface area contributed by atoms with Crippen LogP contribution in [0.1, 0.15) is 0 Å². The van der Waals surface area contributed by atoms with E-state index in [9.17, 15) is 0 Å². The lowest BCUT2D eigenvalue weighted by Crippen LogP contribution is -2.12. The Bertz CT molecular complexity index is 2900. The zero-order valence-electron chi connectivity index (χ0n) is 28.4. The standard InChI is InChI=1S/C50H33NO/c1-2-14-34(15-3-1)40-18-6-9-25-47(40)51(48-26-10-7-19-43(48)45-23-13-24-46-44-20-8-11-27-49(44)52-50(45)46)37-31-28-36(29-32-37)39-21-12-22-41-38-17-5-4-16-35(38)30-33-42(39)41/h1-33H. The first-order valence-electron chi connectivity index (χ1n) is 17.8. The van der Waals surface area contributed by atoms with Crippen LogP contribution in [0.25, 0.3) is 76.9 Å². The molecule has 0 saturated carbocycles. The van der Waals surface area contributed by atoms with E-state index < -0.39 is 0 Å². The number of hydrogen-bond acceptors (Lipinski definition) is 2. The predicted octanol–water partition coefficient (Wildman–Crippen LogP) is 14.4. The summed E-state index contributed by atoms with van der Waals surface area (Å²) >= 11 is 0. The Morgan fingerprint density at radius 1 is 0.308 bits per heavy atom. The molecule has 52 heavy (non-hydrogen) atoms. The SMILES string of the molecule is c1ccc(-c2ccccc2N(c2ccc(-c3cccc4c3ccc3ccccc34)cc2)c2ccccc2-c2cccc3c2oc2ccccc23)cc1. The number of anilines is 3. The normalized spacial score (nSPS) is 11.5. The lowest BCUT2D eigenvalue weighted by molar-refractivity contribution is 0.670. The van der Waals surface area contributed by atoms with Crippen molar-refractivity contribution in [3.05, 3.63) is 200 Å². The molecule has 1 heterocycles. The summed E-state index contributed by atoms with van der Waals surface area (Å²) < 4.78 is 6.59. The van der Waals surface area contributed by atoms with Crippen LogP contribution >= 0.6 is 0 Å². The van der Waals surface area contributed by atoms with E-state index in [1.54, 1.807) is 0 Å². The van der Waals surface area contributed by atoms with E-state index in [1.807, 2.05) is 12.1 Å². The van der Waals surface area contributed by atoms with E-state index in [0.717, 1.165) is 55.7 Å². The van der Waals surface area contributed by atoms with Gasteiger partial charge in [0.2, 0.25) is 0 Å². The van der Waals surface area contributed by atoms with Gasteiger partial charge in [0.1, 0.15) is 11.2 Å². The Kier molecular flexibility index (Phi) is 7.18. The van der Waals surface area contributed by atoms with Crippen molar-refractivity contribution in [1.82, 2.24) is 0 Å². The van der Waals surface area contributed by atoms with Crippen molar-refractivity contribution in [2.45, 2.75) is 0 Å². The molecular weight excluding hydrogens is 631 g/mol. The van der Waals surface area contributed by atoms with E-state index >= 15 is 0 Å². The van der Waals surface area contributed by atoms with Crippen LogP contribution < -0.4 is 4.90 Å². The first-order chi connectivity index (χ1) is 25.8. The van der Waals surface area contributed by atoms with Crippen LogP contribution in [0, 0.1) is 0 Å². The van der Waals surface area contributed by atoms with Gasteiger partial charge in [-0.05, 0) is 68.6 Å². The zero-order chi connectivity index (χ0) is 34.4. The van der Waals surface area contributed by atoms with Crippen LogP contribution in [0.5, 0.6) is 0 Å². The molecule has 10 aromatic rings. The lowest BCUT2D eigenvalue weighted by Gasteiger charge is -2.30. The van der Waals surface area contributed by atoms with Gasteiger partial charge < -0.3 is 9.32 Å². The molecular formula is C50H33NO. The minimum Gasteiger partial charge on any atom is -0.455 e. The van der Waals surface area contributed by atoms with Crippen LogP contribution in [-0.2, 0) is 0 Å². The van der Waals surface area contributed by atoms with Crippen molar-refractivity contribution in [3.63, 3.8) is 0 Å². The highest BCUT2D eigenvalue weighted by Crippen LogP contribution is 2.47. The fourth-order valence-electron chi connectivity index (χ4n) is 7.88. The summed E-state index contributed by atoms with van der Waals surface area (Å²) in [5.74, 6) is 0. The Hall–Kier alpha value is -6.90. The molecule has 2 nitrogen and oxygen atoms in total. The van der Waals surface area contributed by atoms with Crippen LogP contribution in [0.4, 0.5) is 17.1 Å². The molecule has 0 unspecified atom stereocenters. The molecule has 1 aromatic heterocycles. The Labute approximate surface area is 302 Å². The molecule has 0 aliphatic rings. The van der Waals surface area contributed by atoms with Crippen molar-refractivity contribution in [1.29, 1.82) is 0 Å². The van der Waals surface area contributed by atoms with Crippen LogP contribution in [0.15, 0.2) is 205 Å². The summed E-state index contributed by atoms with van der Waals surface area (Å²) in [6.45, 7) is 0. The fourth-order valence-corrected chi connectivity index (χ4v) is 7.88. The van der Waals surface area contributed by atoms with Gasteiger partial charge in [-0.2, -0.15) is 0 Å². The molecule has 0 aliphatic carbocycles. The Balaban J connectivity index is 1.18. The van der Waals surface area contributed by atoms with Gasteiger partial charge in [-0.3, -0.25) is 0 Å². The van der Waals surface area contributed by atoms with Crippen molar-refractivity contribution in [2.75, 3.05) is 4.90 Å². The van der Waals surface area contributed by atoms with Crippen molar-refractivity contribution >= 4 is 60.5 Å². The average molecular weight is 664 g/mol. The van der Waals surface area contributed by atoms with E-state index in [0.29, 0.717) is 0 Å². The maximum absolute atomic E-state index is 6.59. The first-order valence-corrected chi connectivity index (χ1v) is 17.8. The quantitative estimate of drug-likeness (QED) is 0.165. The van der Waals surface area contributed by atoms with Crippen molar-refractivity contribution in [2.24, 2.45) is 0 Å². The summed E-state index contributed by atoms with van der Waals surface area (Å²) in [4.78, 5) is 2.40. The molecule has 9 aromatic carbocycles. The number of furan rings is 1. The van der Waals surface area contributed by atoms with Gasteiger partial charge in [-0.15, -0.1) is 0 Å². The first kappa shape index (κ1) is 30.0. The maximum atomic E-state index is 6.59. The number of para-hydroxylation sites is 4. The van der Waals surface area contributed by atoms with Gasteiger partial charge >= 0.3 is 0 Å². The maximum Gasteiger partial charge on any atom is 0.143 e. The summed E-state index contributed by atoms with van der Waals surface area (Å²) in [6, 6.07) is 71.6. The minimum atomic E-state index is 0.894. The summed E-state index contributed by atoms with van der Waals surface area (Å²) in [5, 5.41) is 7.30. The van der Waals surface area contributed by atoms with Crippen LogP contribution in [0.2, 0.25) is 0 Å². The van der Waals surface area contributed by atoms with Gasteiger partial charge in [-0.1, -0.05) is 170 Å². The van der Waals surface area contributed by atoms with Crippen molar-refractivity contribution < 1.29 is 4.42 Å². The number of nitrogens with zero attached hydrogens (tertiary/aromatic N) is 1. The molecule has 0 N–H and O–H groups in total. The van der Waals surface area contributed by atoms with Gasteiger partial charge in [0, 0.05) is 33.2 Å². The topological polar surface area (TPSA) is 16.4 Å².